The van der Waals surface area contributed by atoms with Gasteiger partial charge in [0.15, 0.2) is 0 Å². The Balaban J connectivity index is 2.35. The summed E-state index contributed by atoms with van der Waals surface area (Å²) in [6.45, 7) is 6.82. The zero-order chi connectivity index (χ0) is 15.0. The van der Waals surface area contributed by atoms with Crippen LogP contribution in [0.2, 0.25) is 0 Å². The van der Waals surface area contributed by atoms with E-state index in [2.05, 4.69) is 36.6 Å². The summed E-state index contributed by atoms with van der Waals surface area (Å²) in [6, 6.07) is 7.72. The monoisotopic (exact) mass is 294 g/mol. The summed E-state index contributed by atoms with van der Waals surface area (Å²) in [7, 11) is 0. The van der Waals surface area contributed by atoms with Crippen molar-refractivity contribution in [2.45, 2.75) is 38.0 Å². The third-order valence-electron chi connectivity index (χ3n) is 2.71. The highest BCUT2D eigenvalue weighted by Crippen LogP contribution is 2.21. The van der Waals surface area contributed by atoms with Gasteiger partial charge in [0.2, 0.25) is 5.91 Å². The van der Waals surface area contributed by atoms with E-state index in [0.29, 0.717) is 12.5 Å². The van der Waals surface area contributed by atoms with Gasteiger partial charge in [0.05, 0.1) is 5.75 Å². The van der Waals surface area contributed by atoms with E-state index in [-0.39, 0.29) is 11.7 Å². The molecule has 0 aliphatic carbocycles. The van der Waals surface area contributed by atoms with Crippen molar-refractivity contribution in [3.05, 3.63) is 29.8 Å². The van der Waals surface area contributed by atoms with Crippen LogP contribution >= 0.6 is 11.8 Å². The quantitative estimate of drug-likeness (QED) is 0.792. The third-order valence-corrected chi connectivity index (χ3v) is 3.72. The molecule has 0 spiro atoms. The van der Waals surface area contributed by atoms with Crippen molar-refractivity contribution in [3.8, 4) is 0 Å². The minimum atomic E-state index is -0.424. The zero-order valence-corrected chi connectivity index (χ0v) is 13.0. The number of thioether (sulfide) groups is 1. The molecule has 0 heterocycles. The molecule has 5 heteroatoms. The van der Waals surface area contributed by atoms with Crippen LogP contribution in [0, 0.1) is 0 Å². The minimum absolute atomic E-state index is 0.237. The maximum atomic E-state index is 11.6. The lowest BCUT2D eigenvalue weighted by Gasteiger charge is -2.07. The first-order valence-corrected chi connectivity index (χ1v) is 7.82. The van der Waals surface area contributed by atoms with Gasteiger partial charge in [0.25, 0.3) is 0 Å². The van der Waals surface area contributed by atoms with Gasteiger partial charge in [0.1, 0.15) is 0 Å². The number of hydrogen-bond acceptors (Lipinski definition) is 3. The highest BCUT2D eigenvalue weighted by atomic mass is 32.2. The van der Waals surface area contributed by atoms with E-state index in [9.17, 15) is 9.59 Å². The summed E-state index contributed by atoms with van der Waals surface area (Å²) in [4.78, 5) is 23.9. The molecular formula is C15H22N2O2S. The lowest BCUT2D eigenvalue weighted by Crippen LogP contribution is -2.40. The second-order valence-corrected chi connectivity index (χ2v) is 5.87. The molecular weight excluding hydrogens is 272 g/mol. The Hall–Kier alpha value is -1.49. The van der Waals surface area contributed by atoms with Crippen LogP contribution in [0.5, 0.6) is 0 Å². The predicted octanol–water partition coefficient (Wildman–Crippen LogP) is 3.14. The molecule has 0 radical (unpaired) electrons. The van der Waals surface area contributed by atoms with Gasteiger partial charge in [-0.2, -0.15) is 0 Å². The average molecular weight is 294 g/mol. The Morgan fingerprint density at radius 2 is 1.85 bits per heavy atom. The van der Waals surface area contributed by atoms with E-state index in [1.54, 1.807) is 0 Å². The van der Waals surface area contributed by atoms with Crippen LogP contribution in [0.1, 0.15) is 38.7 Å². The lowest BCUT2D eigenvalue weighted by molar-refractivity contribution is -0.117. The van der Waals surface area contributed by atoms with Crippen molar-refractivity contribution in [1.29, 1.82) is 0 Å². The summed E-state index contributed by atoms with van der Waals surface area (Å²) < 4.78 is 0. The number of nitrogens with one attached hydrogen (secondary N) is 2. The van der Waals surface area contributed by atoms with Crippen molar-refractivity contribution in [2.75, 3.05) is 12.3 Å². The minimum Gasteiger partial charge on any atom is -0.338 e. The molecule has 1 aromatic carbocycles. The fourth-order valence-corrected chi connectivity index (χ4v) is 2.24. The molecule has 1 rings (SSSR count). The molecule has 110 valence electrons. The Labute approximate surface area is 124 Å². The van der Waals surface area contributed by atoms with E-state index in [4.69, 9.17) is 0 Å². The van der Waals surface area contributed by atoms with Gasteiger partial charge < -0.3 is 5.32 Å². The molecule has 0 saturated carbocycles. The van der Waals surface area contributed by atoms with Gasteiger partial charge in [-0.05, 0) is 30.0 Å². The fourth-order valence-electron chi connectivity index (χ4n) is 1.54. The average Bonchev–Trinajstić information content (AvgIpc) is 2.43. The van der Waals surface area contributed by atoms with Gasteiger partial charge in [-0.25, -0.2) is 4.79 Å². The molecule has 4 nitrogen and oxygen atoms in total. The first kappa shape index (κ1) is 16.6. The number of hydrogen-bond donors (Lipinski definition) is 2. The normalized spacial score (nSPS) is 10.4. The smallest absolute Gasteiger partial charge is 0.321 e. The third kappa shape index (κ3) is 6.10. The van der Waals surface area contributed by atoms with Crippen molar-refractivity contribution in [2.24, 2.45) is 0 Å². The topological polar surface area (TPSA) is 58.2 Å². The van der Waals surface area contributed by atoms with Crippen LogP contribution in [-0.4, -0.2) is 24.2 Å². The maximum Gasteiger partial charge on any atom is 0.321 e. The van der Waals surface area contributed by atoms with Crippen molar-refractivity contribution in [3.63, 3.8) is 0 Å². The summed E-state index contributed by atoms with van der Waals surface area (Å²) >= 11 is 1.42. The number of carbonyl (C=O) groups excluding carboxylic acids is 2. The molecule has 0 fully saturated rings. The molecule has 3 amide bonds. The van der Waals surface area contributed by atoms with Crippen LogP contribution in [0.15, 0.2) is 29.2 Å². The van der Waals surface area contributed by atoms with Gasteiger partial charge in [-0.1, -0.05) is 32.9 Å². The van der Waals surface area contributed by atoms with Gasteiger partial charge in [-0.3, -0.25) is 10.1 Å². The molecule has 0 saturated heterocycles. The van der Waals surface area contributed by atoms with Crippen molar-refractivity contribution >= 4 is 23.7 Å². The summed E-state index contributed by atoms with van der Waals surface area (Å²) in [6.07, 6.45) is 0.846. The number of rotatable bonds is 6. The maximum absolute atomic E-state index is 11.6. The number of amides is 3. The second kappa shape index (κ2) is 8.64. The largest absolute Gasteiger partial charge is 0.338 e. The van der Waals surface area contributed by atoms with Crippen LogP contribution in [0.3, 0.4) is 0 Å². The van der Waals surface area contributed by atoms with Crippen LogP contribution in [0.4, 0.5) is 4.79 Å². The molecule has 1 aromatic rings. The molecule has 20 heavy (non-hydrogen) atoms. The first-order chi connectivity index (χ1) is 9.52. The Morgan fingerprint density at radius 1 is 1.20 bits per heavy atom. The van der Waals surface area contributed by atoms with E-state index in [0.717, 1.165) is 11.3 Å². The van der Waals surface area contributed by atoms with Crippen LogP contribution < -0.4 is 10.6 Å². The molecule has 0 unspecified atom stereocenters. The van der Waals surface area contributed by atoms with Crippen LogP contribution in [0.25, 0.3) is 0 Å². The lowest BCUT2D eigenvalue weighted by atomic mass is 10.0. The SMILES string of the molecule is CCCNC(=O)NC(=O)CSc1ccc(C(C)C)cc1. The standard InChI is InChI=1S/C15H22N2O2S/c1-4-9-16-15(19)17-14(18)10-20-13-7-5-12(6-8-13)11(2)3/h5-8,11H,4,9-10H2,1-3H3,(H2,16,17,18,19). The predicted molar refractivity (Wildman–Crippen MR) is 83.1 cm³/mol. The molecule has 0 bridgehead atoms. The summed E-state index contributed by atoms with van der Waals surface area (Å²) in [5, 5.41) is 4.91. The highest BCUT2D eigenvalue weighted by Gasteiger charge is 2.07. The number of imide groups is 1. The zero-order valence-electron chi connectivity index (χ0n) is 12.2. The van der Waals surface area contributed by atoms with Gasteiger partial charge in [-0.15, -0.1) is 11.8 Å². The van der Waals surface area contributed by atoms with E-state index in [1.807, 2.05) is 19.1 Å². The van der Waals surface area contributed by atoms with Gasteiger partial charge in [0, 0.05) is 11.4 Å². The summed E-state index contributed by atoms with van der Waals surface area (Å²) in [5.74, 6) is 0.455. The van der Waals surface area contributed by atoms with E-state index >= 15 is 0 Å². The van der Waals surface area contributed by atoms with E-state index in [1.165, 1.54) is 17.3 Å². The number of carbonyl (C=O) groups is 2. The van der Waals surface area contributed by atoms with E-state index < -0.39 is 6.03 Å². The number of urea groups is 1. The molecule has 0 aliphatic heterocycles. The van der Waals surface area contributed by atoms with Gasteiger partial charge >= 0.3 is 6.03 Å². The number of benzene rings is 1. The van der Waals surface area contributed by atoms with Crippen molar-refractivity contribution in [1.82, 2.24) is 10.6 Å². The van der Waals surface area contributed by atoms with Crippen molar-refractivity contribution < 1.29 is 9.59 Å². The fraction of sp³-hybridized carbons (Fsp3) is 0.467. The first-order valence-electron chi connectivity index (χ1n) is 6.83. The Morgan fingerprint density at radius 3 is 2.40 bits per heavy atom. The Bertz CT molecular complexity index is 444. The molecule has 0 aliphatic rings. The molecule has 0 atom stereocenters. The molecule has 2 N–H and O–H groups in total. The second-order valence-electron chi connectivity index (χ2n) is 4.82. The van der Waals surface area contributed by atoms with Crippen LogP contribution in [-0.2, 0) is 4.79 Å². The Kier molecular flexibility index (Phi) is 7.15. The highest BCUT2D eigenvalue weighted by molar-refractivity contribution is 8.00. The molecule has 0 aromatic heterocycles. The summed E-state index contributed by atoms with van der Waals surface area (Å²) in [5.41, 5.74) is 1.28.